The largest absolute Gasteiger partial charge is 0.259 e. The van der Waals surface area contributed by atoms with Crippen LogP contribution in [0.4, 0.5) is 0 Å². The highest BCUT2D eigenvalue weighted by molar-refractivity contribution is 5.35. The van der Waals surface area contributed by atoms with Crippen LogP contribution in [0.25, 0.3) is 5.69 Å². The van der Waals surface area contributed by atoms with E-state index in [4.69, 9.17) is 0 Å². The minimum Gasteiger partial charge on any atom is -0.259 e. The summed E-state index contributed by atoms with van der Waals surface area (Å²) >= 11 is 0. The van der Waals surface area contributed by atoms with Crippen molar-refractivity contribution in [2.75, 3.05) is 0 Å². The summed E-state index contributed by atoms with van der Waals surface area (Å²) in [5.74, 6) is 0. The van der Waals surface area contributed by atoms with E-state index < -0.39 is 0 Å². The molecule has 3 heteroatoms. The summed E-state index contributed by atoms with van der Waals surface area (Å²) in [5, 5.41) is 4.22. The molecular weight excluding hydrogens is 162 g/mol. The van der Waals surface area contributed by atoms with E-state index in [1.165, 1.54) is 0 Å². The standard InChI is InChI=1S/C10H11N3/c1-8-5-7-12-13(8)10-4-3-6-11-9(10)2/h3-7H,1-2H3. The van der Waals surface area contributed by atoms with Crippen molar-refractivity contribution in [3.63, 3.8) is 0 Å². The molecule has 0 radical (unpaired) electrons. The molecule has 66 valence electrons. The lowest BCUT2D eigenvalue weighted by molar-refractivity contribution is 0.831. The van der Waals surface area contributed by atoms with Crippen LogP contribution in [0.5, 0.6) is 0 Å². The molecule has 0 unspecified atom stereocenters. The number of nitrogens with zero attached hydrogens (tertiary/aromatic N) is 3. The molecule has 0 aromatic carbocycles. The topological polar surface area (TPSA) is 30.7 Å². The predicted molar refractivity (Wildman–Crippen MR) is 50.8 cm³/mol. The first kappa shape index (κ1) is 7.98. The van der Waals surface area contributed by atoms with Crippen LogP contribution in [-0.2, 0) is 0 Å². The van der Waals surface area contributed by atoms with Crippen LogP contribution >= 0.6 is 0 Å². The third-order valence-electron chi connectivity index (χ3n) is 2.04. The van der Waals surface area contributed by atoms with Crippen molar-refractivity contribution in [3.8, 4) is 5.69 Å². The summed E-state index contributed by atoms with van der Waals surface area (Å²) in [7, 11) is 0. The van der Waals surface area contributed by atoms with Crippen LogP contribution < -0.4 is 0 Å². The zero-order chi connectivity index (χ0) is 9.26. The highest BCUT2D eigenvalue weighted by Crippen LogP contribution is 2.11. The molecule has 0 saturated heterocycles. The predicted octanol–water partition coefficient (Wildman–Crippen LogP) is 1.88. The molecule has 0 aliphatic carbocycles. The van der Waals surface area contributed by atoms with Gasteiger partial charge in [0.2, 0.25) is 0 Å². The molecule has 13 heavy (non-hydrogen) atoms. The van der Waals surface area contributed by atoms with Gasteiger partial charge in [-0.1, -0.05) is 0 Å². The fourth-order valence-corrected chi connectivity index (χ4v) is 1.32. The van der Waals surface area contributed by atoms with Crippen LogP contribution in [0.3, 0.4) is 0 Å². The molecule has 0 N–H and O–H groups in total. The number of pyridine rings is 1. The molecular formula is C10H11N3. The summed E-state index contributed by atoms with van der Waals surface area (Å²) in [5.41, 5.74) is 3.16. The van der Waals surface area contributed by atoms with Crippen LogP contribution in [0.15, 0.2) is 30.6 Å². The van der Waals surface area contributed by atoms with E-state index in [0.29, 0.717) is 0 Å². The SMILES string of the molecule is Cc1ncccc1-n1nccc1C. The van der Waals surface area contributed by atoms with E-state index in [-0.39, 0.29) is 0 Å². The molecule has 0 aliphatic heterocycles. The minimum atomic E-state index is 0.995. The van der Waals surface area contributed by atoms with E-state index in [9.17, 15) is 0 Å². The number of rotatable bonds is 1. The molecule has 0 aliphatic rings. The van der Waals surface area contributed by atoms with Crippen molar-refractivity contribution in [2.24, 2.45) is 0 Å². The van der Waals surface area contributed by atoms with Gasteiger partial charge in [0, 0.05) is 18.1 Å². The Balaban J connectivity index is 2.59. The molecule has 2 heterocycles. The monoisotopic (exact) mass is 173 g/mol. The third kappa shape index (κ3) is 1.33. The van der Waals surface area contributed by atoms with Crippen LogP contribution in [0.2, 0.25) is 0 Å². The molecule has 2 aromatic rings. The maximum Gasteiger partial charge on any atom is 0.0861 e. The molecule has 0 saturated carbocycles. The molecule has 0 amide bonds. The van der Waals surface area contributed by atoms with Crippen molar-refractivity contribution in [1.29, 1.82) is 0 Å². The first-order valence-electron chi connectivity index (χ1n) is 4.21. The lowest BCUT2D eigenvalue weighted by atomic mass is 10.3. The highest BCUT2D eigenvalue weighted by atomic mass is 15.3. The quantitative estimate of drug-likeness (QED) is 0.659. The number of aryl methyl sites for hydroxylation is 2. The Morgan fingerprint density at radius 1 is 1.15 bits per heavy atom. The Bertz CT molecular complexity index is 418. The van der Waals surface area contributed by atoms with Gasteiger partial charge in [0.15, 0.2) is 0 Å². The van der Waals surface area contributed by atoms with Crippen molar-refractivity contribution in [3.05, 3.63) is 42.0 Å². The Morgan fingerprint density at radius 2 is 2.00 bits per heavy atom. The van der Waals surface area contributed by atoms with Crippen molar-refractivity contribution < 1.29 is 0 Å². The number of aromatic nitrogens is 3. The number of hydrogen-bond donors (Lipinski definition) is 0. The highest BCUT2D eigenvalue weighted by Gasteiger charge is 2.03. The summed E-state index contributed by atoms with van der Waals surface area (Å²) < 4.78 is 1.89. The second kappa shape index (κ2) is 3.01. The van der Waals surface area contributed by atoms with E-state index in [1.54, 1.807) is 12.4 Å². The number of hydrogen-bond acceptors (Lipinski definition) is 2. The van der Waals surface area contributed by atoms with Crippen LogP contribution in [0, 0.1) is 13.8 Å². The van der Waals surface area contributed by atoms with Gasteiger partial charge < -0.3 is 0 Å². The van der Waals surface area contributed by atoms with E-state index in [1.807, 2.05) is 36.7 Å². The maximum atomic E-state index is 4.22. The Labute approximate surface area is 77.0 Å². The van der Waals surface area contributed by atoms with Crippen LogP contribution in [-0.4, -0.2) is 14.8 Å². The summed E-state index contributed by atoms with van der Waals surface area (Å²) in [6.07, 6.45) is 3.58. The molecule has 3 nitrogen and oxygen atoms in total. The van der Waals surface area contributed by atoms with Gasteiger partial charge in [-0.25, -0.2) is 4.68 Å². The third-order valence-corrected chi connectivity index (χ3v) is 2.04. The van der Waals surface area contributed by atoms with Crippen LogP contribution in [0.1, 0.15) is 11.4 Å². The first-order valence-corrected chi connectivity index (χ1v) is 4.21. The fourth-order valence-electron chi connectivity index (χ4n) is 1.32. The lowest BCUT2D eigenvalue weighted by Crippen LogP contribution is -2.01. The first-order chi connectivity index (χ1) is 6.29. The van der Waals surface area contributed by atoms with Gasteiger partial charge in [-0.2, -0.15) is 5.10 Å². The van der Waals surface area contributed by atoms with Gasteiger partial charge >= 0.3 is 0 Å². The zero-order valence-corrected chi connectivity index (χ0v) is 7.73. The van der Waals surface area contributed by atoms with Crippen molar-refractivity contribution >= 4 is 0 Å². The van der Waals surface area contributed by atoms with Gasteiger partial charge in [0.05, 0.1) is 11.4 Å². The minimum absolute atomic E-state index is 0.995. The maximum absolute atomic E-state index is 4.22. The summed E-state index contributed by atoms with van der Waals surface area (Å²) in [6.45, 7) is 4.01. The average Bonchev–Trinajstić information content (AvgIpc) is 2.52. The second-order valence-corrected chi connectivity index (χ2v) is 2.99. The molecule has 2 aromatic heterocycles. The van der Waals surface area contributed by atoms with Gasteiger partial charge in [-0.15, -0.1) is 0 Å². The van der Waals surface area contributed by atoms with Gasteiger partial charge in [-0.3, -0.25) is 4.98 Å². The Morgan fingerprint density at radius 3 is 2.62 bits per heavy atom. The molecule has 0 atom stereocenters. The summed E-state index contributed by atoms with van der Waals surface area (Å²) in [4.78, 5) is 4.22. The lowest BCUT2D eigenvalue weighted by Gasteiger charge is -2.05. The molecule has 2 rings (SSSR count). The molecule has 0 bridgehead atoms. The van der Waals surface area contributed by atoms with Gasteiger partial charge in [0.1, 0.15) is 0 Å². The van der Waals surface area contributed by atoms with E-state index >= 15 is 0 Å². The average molecular weight is 173 g/mol. The smallest absolute Gasteiger partial charge is 0.0861 e. The zero-order valence-electron chi connectivity index (χ0n) is 7.73. The van der Waals surface area contributed by atoms with Gasteiger partial charge in [0.25, 0.3) is 0 Å². The summed E-state index contributed by atoms with van der Waals surface area (Å²) in [6, 6.07) is 5.91. The Kier molecular flexibility index (Phi) is 1.85. The fraction of sp³-hybridized carbons (Fsp3) is 0.200. The Hall–Kier alpha value is -1.64. The van der Waals surface area contributed by atoms with Crippen molar-refractivity contribution in [1.82, 2.24) is 14.8 Å². The van der Waals surface area contributed by atoms with E-state index in [0.717, 1.165) is 17.1 Å². The second-order valence-electron chi connectivity index (χ2n) is 2.99. The normalized spacial score (nSPS) is 10.3. The van der Waals surface area contributed by atoms with Crippen molar-refractivity contribution in [2.45, 2.75) is 13.8 Å². The molecule has 0 spiro atoms. The van der Waals surface area contributed by atoms with Gasteiger partial charge in [-0.05, 0) is 32.0 Å². The van der Waals surface area contributed by atoms with E-state index in [2.05, 4.69) is 10.1 Å². The molecule has 0 fully saturated rings.